The Balaban J connectivity index is 1.57. The molecule has 6 nitrogen and oxygen atoms in total. The molecule has 0 saturated carbocycles. The number of aromatic nitrogens is 1. The Hall–Kier alpha value is -3.21. The Morgan fingerprint density at radius 3 is 2.84 bits per heavy atom. The predicted molar refractivity (Wildman–Crippen MR) is 119 cm³/mol. The number of esters is 1. The third-order valence-electron chi connectivity index (χ3n) is 5.15. The maximum Gasteiger partial charge on any atom is 0.342 e. The molecule has 1 aliphatic carbocycles. The zero-order chi connectivity index (χ0) is 22.0. The topological polar surface area (TPSA) is 92.1 Å². The monoisotopic (exact) mass is 451 g/mol. The van der Waals surface area contributed by atoms with E-state index < -0.39 is 18.0 Å². The fraction of sp³-hybridized carbons (Fsp3) is 0.217. The first-order valence-corrected chi connectivity index (χ1v) is 11.0. The van der Waals surface area contributed by atoms with Crippen LogP contribution in [-0.4, -0.2) is 23.0 Å². The molecule has 1 N–H and O–H groups in total. The number of pyridine rings is 1. The first-order valence-electron chi connectivity index (χ1n) is 9.79. The van der Waals surface area contributed by atoms with Gasteiger partial charge in [-0.3, -0.25) is 4.79 Å². The number of amides is 1. The zero-order valence-corrected chi connectivity index (χ0v) is 18.2. The van der Waals surface area contributed by atoms with Crippen LogP contribution in [0.5, 0.6) is 0 Å². The van der Waals surface area contributed by atoms with Crippen LogP contribution in [0.2, 0.25) is 5.15 Å². The van der Waals surface area contributed by atoms with E-state index in [1.807, 2.05) is 18.2 Å². The van der Waals surface area contributed by atoms with Gasteiger partial charge in [0.25, 0.3) is 5.91 Å². The van der Waals surface area contributed by atoms with Crippen LogP contribution in [0.3, 0.4) is 0 Å². The van der Waals surface area contributed by atoms with E-state index in [4.69, 9.17) is 16.3 Å². The molecule has 1 aromatic carbocycles. The Labute approximate surface area is 188 Å². The highest BCUT2D eigenvalue weighted by molar-refractivity contribution is 7.20. The summed E-state index contributed by atoms with van der Waals surface area (Å²) in [4.78, 5) is 30.2. The number of carbonyl (C=O) groups excluding carboxylic acids is 2. The number of halogens is 1. The van der Waals surface area contributed by atoms with Gasteiger partial charge in [-0.1, -0.05) is 42.8 Å². The quantitative estimate of drug-likeness (QED) is 0.435. The van der Waals surface area contributed by atoms with Crippen molar-refractivity contribution in [1.29, 1.82) is 5.26 Å². The van der Waals surface area contributed by atoms with Crippen LogP contribution in [0.15, 0.2) is 42.6 Å². The summed E-state index contributed by atoms with van der Waals surface area (Å²) < 4.78 is 5.38. The lowest BCUT2D eigenvalue weighted by Gasteiger charge is -2.16. The van der Waals surface area contributed by atoms with E-state index in [0.717, 1.165) is 28.8 Å². The molecule has 0 spiro atoms. The largest absolute Gasteiger partial charge is 0.449 e. The van der Waals surface area contributed by atoms with E-state index >= 15 is 0 Å². The number of benzene rings is 1. The Morgan fingerprint density at radius 1 is 1.29 bits per heavy atom. The van der Waals surface area contributed by atoms with Crippen LogP contribution in [0.25, 0.3) is 10.4 Å². The number of rotatable bonds is 5. The number of hydrogen-bond donors (Lipinski definition) is 1. The number of fused-ring (bicyclic) bond motifs is 3. The van der Waals surface area contributed by atoms with Gasteiger partial charge in [0.05, 0.1) is 11.1 Å². The van der Waals surface area contributed by atoms with E-state index in [1.54, 1.807) is 13.0 Å². The molecule has 0 aliphatic heterocycles. The second-order valence-electron chi connectivity index (χ2n) is 7.02. The summed E-state index contributed by atoms with van der Waals surface area (Å²) in [5.41, 5.74) is 3.84. The van der Waals surface area contributed by atoms with Gasteiger partial charge in [-0.25, -0.2) is 9.78 Å². The van der Waals surface area contributed by atoms with E-state index in [-0.39, 0.29) is 17.1 Å². The van der Waals surface area contributed by atoms with Crippen molar-refractivity contribution in [2.75, 3.05) is 5.32 Å². The van der Waals surface area contributed by atoms with Crippen LogP contribution < -0.4 is 5.32 Å². The summed E-state index contributed by atoms with van der Waals surface area (Å²) in [6, 6.07) is 13.4. The van der Waals surface area contributed by atoms with Gasteiger partial charge in [0.1, 0.15) is 16.2 Å². The second-order valence-corrected chi connectivity index (χ2v) is 8.39. The number of hydrogen-bond acceptors (Lipinski definition) is 6. The lowest BCUT2D eigenvalue weighted by molar-refractivity contribution is -0.124. The third kappa shape index (κ3) is 4.05. The molecular formula is C23H18ClN3O3S. The van der Waals surface area contributed by atoms with E-state index in [1.165, 1.54) is 29.2 Å². The van der Waals surface area contributed by atoms with E-state index in [0.29, 0.717) is 10.6 Å². The molecule has 8 heteroatoms. The Morgan fingerprint density at radius 2 is 2.10 bits per heavy atom. The highest BCUT2D eigenvalue weighted by atomic mass is 35.5. The number of thiophene rings is 1. The molecule has 1 atom stereocenters. The minimum absolute atomic E-state index is 0.0131. The molecule has 1 amide bonds. The van der Waals surface area contributed by atoms with Crippen molar-refractivity contribution >= 4 is 39.8 Å². The fourth-order valence-corrected chi connectivity index (χ4v) is 5.05. The Kier molecular flexibility index (Phi) is 6.03. The van der Waals surface area contributed by atoms with Crippen molar-refractivity contribution < 1.29 is 14.3 Å². The van der Waals surface area contributed by atoms with Crippen LogP contribution >= 0.6 is 22.9 Å². The first-order chi connectivity index (χ1) is 15.0. The van der Waals surface area contributed by atoms with Crippen molar-refractivity contribution in [3.8, 4) is 16.5 Å². The molecule has 2 aromatic heterocycles. The molecule has 0 fully saturated rings. The Bertz CT molecular complexity index is 1220. The molecule has 0 bridgehead atoms. The molecule has 4 rings (SSSR count). The number of carbonyl (C=O) groups is 2. The smallest absolute Gasteiger partial charge is 0.342 e. The summed E-state index contributed by atoms with van der Waals surface area (Å²) in [7, 11) is 0. The van der Waals surface area contributed by atoms with Crippen LogP contribution in [0.4, 0.5) is 5.00 Å². The van der Waals surface area contributed by atoms with Gasteiger partial charge >= 0.3 is 5.97 Å². The lowest BCUT2D eigenvalue weighted by atomic mass is 9.90. The predicted octanol–water partition coefficient (Wildman–Crippen LogP) is 5.01. The van der Waals surface area contributed by atoms with Gasteiger partial charge in [0.15, 0.2) is 6.10 Å². The number of aryl methyl sites for hydroxylation is 1. The number of nitriles is 1. The average Bonchev–Trinajstić information content (AvgIpc) is 3.14. The second kappa shape index (κ2) is 8.88. The molecule has 2 heterocycles. The SMILES string of the molecule is CCC(OC(=O)c1cccnc1Cl)C(=O)Nc1sc2c(c1C#N)CCc1ccccc1-2. The summed E-state index contributed by atoms with van der Waals surface area (Å²) in [6.07, 6.45) is 2.30. The molecule has 1 aliphatic rings. The summed E-state index contributed by atoms with van der Waals surface area (Å²) >= 11 is 7.32. The molecule has 3 aromatic rings. The standard InChI is InChI=1S/C23H18ClN3O3S/c1-2-18(30-23(29)16-8-5-11-26-20(16)24)21(28)27-22-17(12-25)15-10-9-13-6-3-4-7-14(13)19(15)31-22/h3-8,11,18H,2,9-10H2,1H3,(H,27,28). The normalized spacial score (nSPS) is 12.8. The molecule has 1 unspecified atom stereocenters. The molecule has 0 radical (unpaired) electrons. The van der Waals surface area contributed by atoms with Gasteiger partial charge in [-0.2, -0.15) is 5.26 Å². The minimum Gasteiger partial charge on any atom is -0.449 e. The third-order valence-corrected chi connectivity index (χ3v) is 6.64. The average molecular weight is 452 g/mol. The van der Waals surface area contributed by atoms with Crippen molar-refractivity contribution in [2.45, 2.75) is 32.3 Å². The number of nitrogens with zero attached hydrogens (tertiary/aromatic N) is 2. The summed E-state index contributed by atoms with van der Waals surface area (Å²) in [6.45, 7) is 1.74. The van der Waals surface area contributed by atoms with Crippen molar-refractivity contribution in [3.05, 3.63) is 70.0 Å². The summed E-state index contributed by atoms with van der Waals surface area (Å²) in [5.74, 6) is -1.21. The lowest BCUT2D eigenvalue weighted by Crippen LogP contribution is -2.32. The maximum absolute atomic E-state index is 12.9. The van der Waals surface area contributed by atoms with Crippen molar-refractivity contribution in [2.24, 2.45) is 0 Å². The van der Waals surface area contributed by atoms with E-state index in [9.17, 15) is 14.9 Å². The van der Waals surface area contributed by atoms with Gasteiger partial charge in [0.2, 0.25) is 0 Å². The number of anilines is 1. The van der Waals surface area contributed by atoms with Crippen LogP contribution in [-0.2, 0) is 22.4 Å². The fourth-order valence-electron chi connectivity index (χ4n) is 3.59. The number of nitrogens with one attached hydrogen (secondary N) is 1. The van der Waals surface area contributed by atoms with Crippen LogP contribution in [0, 0.1) is 11.3 Å². The van der Waals surface area contributed by atoms with Gasteiger partial charge in [-0.05, 0) is 48.1 Å². The van der Waals surface area contributed by atoms with E-state index in [2.05, 4.69) is 22.4 Å². The molecular weight excluding hydrogens is 434 g/mol. The zero-order valence-electron chi connectivity index (χ0n) is 16.6. The van der Waals surface area contributed by atoms with Crippen LogP contribution in [0.1, 0.15) is 40.4 Å². The molecule has 156 valence electrons. The first kappa shape index (κ1) is 21.0. The van der Waals surface area contributed by atoms with Gasteiger partial charge < -0.3 is 10.1 Å². The highest BCUT2D eigenvalue weighted by Crippen LogP contribution is 2.44. The highest BCUT2D eigenvalue weighted by Gasteiger charge is 2.28. The molecule has 31 heavy (non-hydrogen) atoms. The molecule has 0 saturated heterocycles. The van der Waals surface area contributed by atoms with Crippen molar-refractivity contribution in [3.63, 3.8) is 0 Å². The van der Waals surface area contributed by atoms with Crippen molar-refractivity contribution in [1.82, 2.24) is 4.98 Å². The summed E-state index contributed by atoms with van der Waals surface area (Å²) in [5, 5.41) is 13.0. The number of ether oxygens (including phenoxy) is 1. The maximum atomic E-state index is 12.9. The van der Waals surface area contributed by atoms with Gasteiger partial charge in [0, 0.05) is 11.1 Å². The minimum atomic E-state index is -1.03. The van der Waals surface area contributed by atoms with Gasteiger partial charge in [-0.15, -0.1) is 11.3 Å².